The van der Waals surface area contributed by atoms with Crippen molar-refractivity contribution < 1.29 is 13.2 Å². The van der Waals surface area contributed by atoms with Crippen molar-refractivity contribution >= 4 is 0 Å². The molecule has 0 atom stereocenters. The first-order valence-corrected chi connectivity index (χ1v) is 3.84. The number of aromatic nitrogens is 1. The van der Waals surface area contributed by atoms with Crippen LogP contribution in [0.2, 0.25) is 0 Å². The third-order valence-corrected chi connectivity index (χ3v) is 1.78. The fourth-order valence-electron chi connectivity index (χ4n) is 1.11. The Morgan fingerprint density at radius 3 is 2.53 bits per heavy atom. The molecule has 0 aromatic carbocycles. The Hall–Kier alpha value is -2.08. The monoisotopic (exact) mass is 211 g/mol. The summed E-state index contributed by atoms with van der Waals surface area (Å²) in [6.45, 7) is 0. The molecule has 3 nitrogen and oxygen atoms in total. The summed E-state index contributed by atoms with van der Waals surface area (Å²) in [6.07, 6.45) is -2.68. The first-order valence-electron chi connectivity index (χ1n) is 3.84. The van der Waals surface area contributed by atoms with Gasteiger partial charge in [0, 0.05) is 11.8 Å². The van der Waals surface area contributed by atoms with Crippen LogP contribution in [-0.4, -0.2) is 4.98 Å². The van der Waals surface area contributed by atoms with Gasteiger partial charge in [-0.2, -0.15) is 14.9 Å². The van der Waals surface area contributed by atoms with E-state index in [-0.39, 0.29) is 5.56 Å². The fraction of sp³-hybridized carbons (Fsp3) is 0.222. The Bertz CT molecular complexity index is 457. The minimum absolute atomic E-state index is 0.289. The molecule has 15 heavy (non-hydrogen) atoms. The third-order valence-electron chi connectivity index (χ3n) is 1.78. The molecule has 0 N–H and O–H groups in total. The molecule has 0 amide bonds. The maximum Gasteiger partial charge on any atom is 0.265 e. The van der Waals surface area contributed by atoms with Crippen LogP contribution in [0.15, 0.2) is 6.20 Å². The van der Waals surface area contributed by atoms with Crippen molar-refractivity contribution in [3.8, 4) is 12.1 Å². The standard InChI is InChI=1S/C9H4F3N3/c10-8(11)7-4-15-9(12)6(3-14)5(7)1-2-13/h4,8H,1H2. The zero-order valence-corrected chi connectivity index (χ0v) is 7.34. The van der Waals surface area contributed by atoms with E-state index in [0.29, 0.717) is 6.20 Å². The summed E-state index contributed by atoms with van der Waals surface area (Å²) in [5.41, 5.74) is -1.45. The van der Waals surface area contributed by atoms with E-state index in [0.717, 1.165) is 0 Å². The topological polar surface area (TPSA) is 60.5 Å². The Kier molecular flexibility index (Phi) is 3.25. The van der Waals surface area contributed by atoms with E-state index in [1.807, 2.05) is 0 Å². The summed E-state index contributed by atoms with van der Waals surface area (Å²) in [6, 6.07) is 3.02. The molecular weight excluding hydrogens is 207 g/mol. The van der Waals surface area contributed by atoms with Gasteiger partial charge in [0.05, 0.1) is 12.5 Å². The van der Waals surface area contributed by atoms with Crippen molar-refractivity contribution in [2.75, 3.05) is 0 Å². The minimum atomic E-state index is -2.88. The van der Waals surface area contributed by atoms with E-state index in [4.69, 9.17) is 10.5 Å². The minimum Gasteiger partial charge on any atom is -0.227 e. The second-order valence-corrected chi connectivity index (χ2v) is 2.61. The number of hydrogen-bond acceptors (Lipinski definition) is 3. The van der Waals surface area contributed by atoms with Crippen molar-refractivity contribution in [2.24, 2.45) is 0 Å². The smallest absolute Gasteiger partial charge is 0.227 e. The number of rotatable bonds is 2. The summed E-state index contributed by atoms with van der Waals surface area (Å²) in [5.74, 6) is -1.13. The summed E-state index contributed by atoms with van der Waals surface area (Å²) in [4.78, 5) is 3.04. The van der Waals surface area contributed by atoms with Crippen molar-refractivity contribution in [1.82, 2.24) is 4.98 Å². The van der Waals surface area contributed by atoms with E-state index >= 15 is 0 Å². The maximum absolute atomic E-state index is 12.9. The zero-order chi connectivity index (χ0) is 11.4. The zero-order valence-electron chi connectivity index (χ0n) is 7.34. The molecule has 6 heteroatoms. The molecule has 0 aliphatic rings. The summed E-state index contributed by atoms with van der Waals surface area (Å²) in [5, 5.41) is 16.9. The van der Waals surface area contributed by atoms with Crippen LogP contribution in [0.1, 0.15) is 23.1 Å². The van der Waals surface area contributed by atoms with Crippen LogP contribution < -0.4 is 0 Å². The van der Waals surface area contributed by atoms with Gasteiger partial charge in [-0.1, -0.05) is 0 Å². The molecule has 1 heterocycles. The van der Waals surface area contributed by atoms with Gasteiger partial charge >= 0.3 is 0 Å². The Balaban J connectivity index is 3.45. The first-order chi connectivity index (χ1) is 7.11. The molecule has 0 spiro atoms. The largest absolute Gasteiger partial charge is 0.265 e. The molecule has 0 fully saturated rings. The predicted octanol–water partition coefficient (Wildman–Crippen LogP) is 2.10. The van der Waals surface area contributed by atoms with Crippen LogP contribution in [0.4, 0.5) is 13.2 Å². The normalized spacial score (nSPS) is 9.73. The predicted molar refractivity (Wildman–Crippen MR) is 43.2 cm³/mol. The lowest BCUT2D eigenvalue weighted by molar-refractivity contribution is 0.149. The highest BCUT2D eigenvalue weighted by atomic mass is 19.3. The van der Waals surface area contributed by atoms with Gasteiger partial charge in [0.1, 0.15) is 11.6 Å². The lowest BCUT2D eigenvalue weighted by Crippen LogP contribution is -2.03. The average molecular weight is 211 g/mol. The van der Waals surface area contributed by atoms with Crippen LogP contribution in [0.3, 0.4) is 0 Å². The molecule has 0 aliphatic carbocycles. The van der Waals surface area contributed by atoms with Crippen LogP contribution >= 0.6 is 0 Å². The number of nitriles is 2. The average Bonchev–Trinajstić information content (AvgIpc) is 2.18. The third kappa shape index (κ3) is 2.05. The van der Waals surface area contributed by atoms with Gasteiger partial charge in [-0.25, -0.2) is 13.8 Å². The van der Waals surface area contributed by atoms with Crippen LogP contribution in [0.25, 0.3) is 0 Å². The van der Waals surface area contributed by atoms with Crippen LogP contribution in [-0.2, 0) is 6.42 Å². The second-order valence-electron chi connectivity index (χ2n) is 2.61. The highest BCUT2D eigenvalue weighted by Crippen LogP contribution is 2.25. The van der Waals surface area contributed by atoms with E-state index in [2.05, 4.69) is 4.98 Å². The van der Waals surface area contributed by atoms with Gasteiger partial charge in [-0.05, 0) is 5.56 Å². The van der Waals surface area contributed by atoms with E-state index in [1.54, 1.807) is 6.07 Å². The molecule has 0 saturated carbocycles. The van der Waals surface area contributed by atoms with Crippen molar-refractivity contribution in [2.45, 2.75) is 12.8 Å². The molecule has 0 unspecified atom stereocenters. The van der Waals surface area contributed by atoms with Crippen molar-refractivity contribution in [3.63, 3.8) is 0 Å². The fourth-order valence-corrected chi connectivity index (χ4v) is 1.11. The highest BCUT2D eigenvalue weighted by molar-refractivity contribution is 5.43. The summed E-state index contributed by atoms with van der Waals surface area (Å²) in [7, 11) is 0. The Morgan fingerprint density at radius 1 is 1.40 bits per heavy atom. The lowest BCUT2D eigenvalue weighted by Gasteiger charge is -2.06. The van der Waals surface area contributed by atoms with Gasteiger partial charge < -0.3 is 0 Å². The van der Waals surface area contributed by atoms with Gasteiger partial charge in [0.2, 0.25) is 5.95 Å². The SMILES string of the molecule is N#CCc1c(C(F)F)cnc(F)c1C#N. The van der Waals surface area contributed by atoms with Crippen LogP contribution in [0, 0.1) is 28.6 Å². The Morgan fingerprint density at radius 2 is 2.07 bits per heavy atom. The number of nitrogens with zero attached hydrogens (tertiary/aromatic N) is 3. The quantitative estimate of drug-likeness (QED) is 0.703. The number of hydrogen-bond donors (Lipinski definition) is 0. The van der Waals surface area contributed by atoms with E-state index < -0.39 is 29.9 Å². The van der Waals surface area contributed by atoms with Crippen molar-refractivity contribution in [1.29, 1.82) is 10.5 Å². The number of halogens is 3. The Labute approximate surface area is 83.4 Å². The molecule has 1 aromatic heterocycles. The molecule has 0 saturated heterocycles. The number of alkyl halides is 2. The molecule has 0 radical (unpaired) electrons. The van der Waals surface area contributed by atoms with Gasteiger partial charge in [-0.3, -0.25) is 0 Å². The van der Waals surface area contributed by atoms with Crippen molar-refractivity contribution in [3.05, 3.63) is 28.8 Å². The molecule has 1 aromatic rings. The maximum atomic E-state index is 12.9. The van der Waals surface area contributed by atoms with Gasteiger partial charge in [0.15, 0.2) is 0 Å². The molecular formula is C9H4F3N3. The summed E-state index contributed by atoms with van der Waals surface area (Å²) >= 11 is 0. The van der Waals surface area contributed by atoms with Crippen LogP contribution in [0.5, 0.6) is 0 Å². The highest BCUT2D eigenvalue weighted by Gasteiger charge is 2.20. The first kappa shape index (κ1) is 11.0. The molecule has 76 valence electrons. The molecule has 0 bridgehead atoms. The lowest BCUT2D eigenvalue weighted by atomic mass is 10.0. The molecule has 1 rings (SSSR count). The molecule has 0 aliphatic heterocycles. The van der Waals surface area contributed by atoms with Gasteiger partial charge in [-0.15, -0.1) is 0 Å². The van der Waals surface area contributed by atoms with E-state index in [9.17, 15) is 13.2 Å². The van der Waals surface area contributed by atoms with E-state index in [1.165, 1.54) is 6.07 Å². The second kappa shape index (κ2) is 4.43. The van der Waals surface area contributed by atoms with Gasteiger partial charge in [0.25, 0.3) is 6.43 Å². The summed E-state index contributed by atoms with van der Waals surface area (Å²) < 4.78 is 37.8. The number of pyridine rings is 1.